The highest BCUT2D eigenvalue weighted by atomic mass is 32.1. The van der Waals surface area contributed by atoms with E-state index < -0.39 is 0 Å². The number of rotatable bonds is 5. The highest BCUT2D eigenvalue weighted by Gasteiger charge is 2.20. The molecule has 2 N–H and O–H groups in total. The first kappa shape index (κ1) is 15.5. The Morgan fingerprint density at radius 3 is 2.78 bits per heavy atom. The van der Waals surface area contributed by atoms with Gasteiger partial charge in [-0.3, -0.25) is 4.79 Å². The Kier molecular flexibility index (Phi) is 4.57. The van der Waals surface area contributed by atoms with Crippen molar-refractivity contribution in [3.05, 3.63) is 58.6 Å². The number of carbonyl (C=O) groups excluding carboxylic acids is 1. The number of benzene rings is 1. The van der Waals surface area contributed by atoms with Gasteiger partial charge in [0.1, 0.15) is 5.82 Å². The standard InChI is InChI=1S/C18H19N3OS/c1-12(2)17(18-19-14-7-3-4-8-15(14)20-18)21-16(22)10-9-13-6-5-11-23-13/h3-12,17H,1-2H3,(H,19,20)(H,21,22). The van der Waals surface area contributed by atoms with Gasteiger partial charge in [0.15, 0.2) is 0 Å². The minimum atomic E-state index is -0.150. The molecule has 0 spiro atoms. The number of imidazole rings is 1. The number of thiophene rings is 1. The molecule has 1 unspecified atom stereocenters. The van der Waals surface area contributed by atoms with Crippen molar-refractivity contribution in [1.82, 2.24) is 15.3 Å². The van der Waals surface area contributed by atoms with Crippen LogP contribution in [0.1, 0.15) is 30.6 Å². The first-order valence-electron chi connectivity index (χ1n) is 7.60. The van der Waals surface area contributed by atoms with Crippen LogP contribution in [-0.4, -0.2) is 15.9 Å². The third kappa shape index (κ3) is 3.68. The number of nitrogens with zero attached hydrogens (tertiary/aromatic N) is 1. The SMILES string of the molecule is CC(C)C(NC(=O)C=Cc1cccs1)c1nc2ccccc2[nH]1. The Morgan fingerprint density at radius 2 is 2.09 bits per heavy atom. The molecule has 0 aliphatic heterocycles. The number of carbonyl (C=O) groups is 1. The maximum Gasteiger partial charge on any atom is 0.244 e. The molecule has 0 aliphatic rings. The Balaban J connectivity index is 1.77. The van der Waals surface area contributed by atoms with Crippen LogP contribution < -0.4 is 5.32 Å². The van der Waals surface area contributed by atoms with E-state index >= 15 is 0 Å². The lowest BCUT2D eigenvalue weighted by Crippen LogP contribution is -2.31. The van der Waals surface area contributed by atoms with Crippen LogP contribution in [0.3, 0.4) is 0 Å². The first-order valence-corrected chi connectivity index (χ1v) is 8.48. The van der Waals surface area contributed by atoms with Crippen molar-refractivity contribution in [2.75, 3.05) is 0 Å². The molecule has 3 rings (SSSR count). The Labute approximate surface area is 139 Å². The smallest absolute Gasteiger partial charge is 0.244 e. The summed E-state index contributed by atoms with van der Waals surface area (Å²) in [5, 5.41) is 5.03. The number of hydrogen-bond donors (Lipinski definition) is 2. The van der Waals surface area contributed by atoms with Crippen molar-refractivity contribution in [1.29, 1.82) is 0 Å². The van der Waals surface area contributed by atoms with Crippen molar-refractivity contribution in [2.45, 2.75) is 19.9 Å². The van der Waals surface area contributed by atoms with E-state index in [2.05, 4.69) is 29.1 Å². The number of aromatic amines is 1. The molecule has 2 heterocycles. The lowest BCUT2D eigenvalue weighted by Gasteiger charge is -2.19. The molecule has 5 heteroatoms. The summed E-state index contributed by atoms with van der Waals surface area (Å²) in [6, 6.07) is 11.7. The van der Waals surface area contributed by atoms with Crippen LogP contribution >= 0.6 is 11.3 Å². The van der Waals surface area contributed by atoms with Crippen molar-refractivity contribution in [3.63, 3.8) is 0 Å². The van der Waals surface area contributed by atoms with Crippen molar-refractivity contribution >= 4 is 34.4 Å². The third-order valence-corrected chi connectivity index (χ3v) is 4.45. The molecule has 3 aromatic rings. The van der Waals surface area contributed by atoms with Crippen LogP contribution in [0.4, 0.5) is 0 Å². The van der Waals surface area contributed by atoms with E-state index in [1.54, 1.807) is 17.4 Å². The highest BCUT2D eigenvalue weighted by Crippen LogP contribution is 2.22. The van der Waals surface area contributed by atoms with Crippen LogP contribution in [0, 0.1) is 5.92 Å². The average molecular weight is 325 g/mol. The summed E-state index contributed by atoms with van der Waals surface area (Å²) in [5.41, 5.74) is 1.90. The fourth-order valence-electron chi connectivity index (χ4n) is 2.42. The molecule has 0 saturated heterocycles. The van der Waals surface area contributed by atoms with E-state index in [4.69, 9.17) is 0 Å². The Bertz CT molecular complexity index is 785. The minimum Gasteiger partial charge on any atom is -0.342 e. The Hall–Kier alpha value is -2.40. The zero-order chi connectivity index (χ0) is 16.2. The second-order valence-corrected chi connectivity index (χ2v) is 6.70. The topological polar surface area (TPSA) is 57.8 Å². The van der Waals surface area contributed by atoms with E-state index in [1.165, 1.54) is 0 Å². The van der Waals surface area contributed by atoms with Gasteiger partial charge in [-0.1, -0.05) is 32.0 Å². The number of amides is 1. The third-order valence-electron chi connectivity index (χ3n) is 3.61. The van der Waals surface area contributed by atoms with Crippen molar-refractivity contribution < 1.29 is 4.79 Å². The zero-order valence-corrected chi connectivity index (χ0v) is 13.9. The number of H-pyrrole nitrogens is 1. The summed E-state index contributed by atoms with van der Waals surface area (Å²) in [5.74, 6) is 0.909. The molecular formula is C18H19N3OS. The molecular weight excluding hydrogens is 306 g/mol. The summed E-state index contributed by atoms with van der Waals surface area (Å²) in [6.07, 6.45) is 3.40. The maximum atomic E-state index is 12.2. The van der Waals surface area contributed by atoms with Crippen LogP contribution in [-0.2, 0) is 4.79 Å². The van der Waals surface area contributed by atoms with Crippen LogP contribution in [0.2, 0.25) is 0 Å². The second kappa shape index (κ2) is 6.79. The molecule has 1 atom stereocenters. The average Bonchev–Trinajstić information content (AvgIpc) is 3.19. The molecule has 0 saturated carbocycles. The molecule has 1 amide bonds. The predicted molar refractivity (Wildman–Crippen MR) is 95.2 cm³/mol. The number of para-hydroxylation sites is 2. The molecule has 0 fully saturated rings. The maximum absolute atomic E-state index is 12.2. The van der Waals surface area contributed by atoms with E-state index in [0.717, 1.165) is 21.7 Å². The van der Waals surface area contributed by atoms with E-state index in [1.807, 2.05) is 47.9 Å². The lowest BCUT2D eigenvalue weighted by molar-refractivity contribution is -0.117. The van der Waals surface area contributed by atoms with Gasteiger partial charge >= 0.3 is 0 Å². The van der Waals surface area contributed by atoms with E-state index in [9.17, 15) is 4.79 Å². The fraction of sp³-hybridized carbons (Fsp3) is 0.222. The lowest BCUT2D eigenvalue weighted by atomic mass is 10.0. The van der Waals surface area contributed by atoms with Gasteiger partial charge in [-0.25, -0.2) is 4.98 Å². The molecule has 1 aromatic carbocycles. The monoisotopic (exact) mass is 325 g/mol. The van der Waals surface area contributed by atoms with Gasteiger partial charge in [0.2, 0.25) is 5.91 Å². The summed E-state index contributed by atoms with van der Waals surface area (Å²) < 4.78 is 0. The van der Waals surface area contributed by atoms with Crippen molar-refractivity contribution in [3.8, 4) is 0 Å². The number of aromatic nitrogens is 2. The summed E-state index contributed by atoms with van der Waals surface area (Å²) in [6.45, 7) is 4.14. The summed E-state index contributed by atoms with van der Waals surface area (Å²) >= 11 is 1.60. The number of nitrogens with one attached hydrogen (secondary N) is 2. The summed E-state index contributed by atoms with van der Waals surface area (Å²) in [4.78, 5) is 21.2. The second-order valence-electron chi connectivity index (χ2n) is 5.72. The van der Waals surface area contributed by atoms with Crippen LogP contribution in [0.5, 0.6) is 0 Å². The minimum absolute atomic E-state index is 0.113. The van der Waals surface area contributed by atoms with Gasteiger partial charge in [-0.05, 0) is 35.6 Å². The molecule has 0 aliphatic carbocycles. The van der Waals surface area contributed by atoms with Crippen LogP contribution in [0.15, 0.2) is 47.9 Å². The van der Waals surface area contributed by atoms with Gasteiger partial charge in [0.25, 0.3) is 0 Å². The van der Waals surface area contributed by atoms with Gasteiger partial charge in [-0.2, -0.15) is 0 Å². The van der Waals surface area contributed by atoms with Gasteiger partial charge in [0, 0.05) is 11.0 Å². The quantitative estimate of drug-likeness (QED) is 0.692. The normalized spacial score (nSPS) is 13.0. The summed E-state index contributed by atoms with van der Waals surface area (Å²) in [7, 11) is 0. The number of hydrogen-bond acceptors (Lipinski definition) is 3. The van der Waals surface area contributed by atoms with Crippen molar-refractivity contribution in [2.24, 2.45) is 5.92 Å². The molecule has 118 valence electrons. The highest BCUT2D eigenvalue weighted by molar-refractivity contribution is 7.10. The van der Waals surface area contributed by atoms with E-state index in [-0.39, 0.29) is 17.9 Å². The molecule has 4 nitrogen and oxygen atoms in total. The van der Waals surface area contributed by atoms with Gasteiger partial charge in [0.05, 0.1) is 17.1 Å². The molecule has 0 radical (unpaired) electrons. The largest absolute Gasteiger partial charge is 0.342 e. The van der Waals surface area contributed by atoms with E-state index in [0.29, 0.717) is 0 Å². The van der Waals surface area contributed by atoms with Gasteiger partial charge < -0.3 is 10.3 Å². The molecule has 23 heavy (non-hydrogen) atoms. The Morgan fingerprint density at radius 1 is 1.26 bits per heavy atom. The van der Waals surface area contributed by atoms with Gasteiger partial charge in [-0.15, -0.1) is 11.3 Å². The molecule has 0 bridgehead atoms. The first-order chi connectivity index (χ1) is 11.1. The van der Waals surface area contributed by atoms with Crippen LogP contribution in [0.25, 0.3) is 17.1 Å². The predicted octanol–water partition coefficient (Wildman–Crippen LogP) is 4.15. The number of fused-ring (bicyclic) bond motifs is 1. The fourth-order valence-corrected chi connectivity index (χ4v) is 3.03. The zero-order valence-electron chi connectivity index (χ0n) is 13.1. The molecule has 2 aromatic heterocycles.